The summed E-state index contributed by atoms with van der Waals surface area (Å²) in [5.41, 5.74) is 0.141. The van der Waals surface area contributed by atoms with Gasteiger partial charge in [0.25, 0.3) is 0 Å². The van der Waals surface area contributed by atoms with E-state index in [4.69, 9.17) is 0 Å². The third-order valence-electron chi connectivity index (χ3n) is 4.69. The molecule has 0 amide bonds. The summed E-state index contributed by atoms with van der Waals surface area (Å²) in [6.45, 7) is 4.43. The molecule has 1 fully saturated rings. The Morgan fingerprint density at radius 2 is 2.17 bits per heavy atom. The standard InChI is InChI=1S/C17H19FN2O3S/c1-4-20-7-12(17(22)23)16(21)11-5-13(18)10(6-14(11)20)15-8-24-9(2)19(15)3/h5-7,9,15H,4,8H2,1-3H3,(H,22,23). The topological polar surface area (TPSA) is 62.5 Å². The molecule has 0 bridgehead atoms. The normalized spacial score (nSPS) is 21.5. The number of aryl methyl sites for hydroxylation is 1. The average Bonchev–Trinajstić information content (AvgIpc) is 2.87. The minimum Gasteiger partial charge on any atom is -0.477 e. The highest BCUT2D eigenvalue weighted by Gasteiger charge is 2.31. The van der Waals surface area contributed by atoms with E-state index in [1.165, 1.54) is 12.3 Å². The Balaban J connectivity index is 2.26. The first-order chi connectivity index (χ1) is 11.3. The molecule has 1 aromatic carbocycles. The van der Waals surface area contributed by atoms with Crippen LogP contribution < -0.4 is 5.43 Å². The molecule has 0 aliphatic carbocycles. The number of pyridine rings is 1. The number of aromatic nitrogens is 1. The third-order valence-corrected chi connectivity index (χ3v) is 6.01. The van der Waals surface area contributed by atoms with Crippen LogP contribution >= 0.6 is 11.8 Å². The number of carboxylic acids is 1. The molecule has 7 heteroatoms. The Labute approximate surface area is 143 Å². The monoisotopic (exact) mass is 350 g/mol. The fourth-order valence-electron chi connectivity index (χ4n) is 3.12. The maximum atomic E-state index is 14.7. The van der Waals surface area contributed by atoms with Crippen molar-refractivity contribution in [3.63, 3.8) is 0 Å². The van der Waals surface area contributed by atoms with Crippen LogP contribution in [-0.2, 0) is 6.54 Å². The lowest BCUT2D eigenvalue weighted by molar-refractivity contribution is 0.0695. The van der Waals surface area contributed by atoms with Gasteiger partial charge in [-0.1, -0.05) is 0 Å². The van der Waals surface area contributed by atoms with Gasteiger partial charge >= 0.3 is 5.97 Å². The summed E-state index contributed by atoms with van der Waals surface area (Å²) < 4.78 is 16.4. The molecule has 5 nitrogen and oxygen atoms in total. The molecule has 3 rings (SSSR count). The van der Waals surface area contributed by atoms with Gasteiger partial charge in [-0.2, -0.15) is 0 Å². The molecule has 24 heavy (non-hydrogen) atoms. The predicted molar refractivity (Wildman–Crippen MR) is 93.2 cm³/mol. The minimum atomic E-state index is -1.30. The van der Waals surface area contributed by atoms with Gasteiger partial charge in [0.2, 0.25) is 5.43 Å². The van der Waals surface area contributed by atoms with Crippen LogP contribution in [0.25, 0.3) is 10.9 Å². The number of carboxylic acid groups (broad SMARTS) is 1. The number of halogens is 1. The van der Waals surface area contributed by atoms with Crippen LogP contribution in [0.3, 0.4) is 0 Å². The van der Waals surface area contributed by atoms with E-state index >= 15 is 0 Å². The first-order valence-electron chi connectivity index (χ1n) is 7.78. The highest BCUT2D eigenvalue weighted by Crippen LogP contribution is 2.38. The Kier molecular flexibility index (Phi) is 4.40. The molecule has 2 heterocycles. The fourth-order valence-corrected chi connectivity index (χ4v) is 4.38. The number of aromatic carboxylic acids is 1. The molecule has 2 unspecified atom stereocenters. The van der Waals surface area contributed by atoms with Gasteiger partial charge in [-0.3, -0.25) is 9.69 Å². The molecule has 2 atom stereocenters. The predicted octanol–water partition coefficient (Wildman–Crippen LogP) is 2.92. The van der Waals surface area contributed by atoms with Gasteiger partial charge in [0.1, 0.15) is 11.4 Å². The van der Waals surface area contributed by atoms with E-state index in [9.17, 15) is 19.1 Å². The number of nitrogens with zero attached hydrogens (tertiary/aromatic N) is 2. The summed E-state index contributed by atoms with van der Waals surface area (Å²) in [5.74, 6) is -0.977. The van der Waals surface area contributed by atoms with Crippen LogP contribution in [0.5, 0.6) is 0 Å². The van der Waals surface area contributed by atoms with E-state index in [0.717, 1.165) is 5.75 Å². The molecular formula is C17H19FN2O3S. The summed E-state index contributed by atoms with van der Waals surface area (Å²) in [6.07, 6.45) is 1.34. The summed E-state index contributed by atoms with van der Waals surface area (Å²) in [7, 11) is 1.96. The van der Waals surface area contributed by atoms with Gasteiger partial charge in [0.05, 0.1) is 10.9 Å². The van der Waals surface area contributed by atoms with Crippen LogP contribution in [0.1, 0.15) is 35.8 Å². The maximum absolute atomic E-state index is 14.7. The number of rotatable bonds is 3. The second kappa shape index (κ2) is 6.22. The number of hydrogen-bond acceptors (Lipinski definition) is 4. The molecule has 1 aromatic heterocycles. The molecule has 1 saturated heterocycles. The zero-order valence-corrected chi connectivity index (χ0v) is 14.6. The highest BCUT2D eigenvalue weighted by atomic mass is 32.2. The van der Waals surface area contributed by atoms with Crippen LogP contribution in [0, 0.1) is 5.82 Å². The quantitative estimate of drug-likeness (QED) is 0.922. The SMILES string of the molecule is CCn1cc(C(=O)O)c(=O)c2cc(F)c(C3CSC(C)N3C)cc21. The summed E-state index contributed by atoms with van der Waals surface area (Å²) in [6, 6.07) is 2.82. The smallest absolute Gasteiger partial charge is 0.341 e. The molecule has 1 N–H and O–H groups in total. The Bertz CT molecular complexity index is 880. The van der Waals surface area contributed by atoms with Crippen LogP contribution in [-0.4, -0.2) is 38.7 Å². The van der Waals surface area contributed by atoms with E-state index in [0.29, 0.717) is 23.0 Å². The zero-order chi connectivity index (χ0) is 17.6. The second-order valence-corrected chi connectivity index (χ2v) is 7.32. The van der Waals surface area contributed by atoms with E-state index in [-0.39, 0.29) is 17.0 Å². The lowest BCUT2D eigenvalue weighted by Crippen LogP contribution is -2.26. The van der Waals surface area contributed by atoms with Gasteiger partial charge in [-0.15, -0.1) is 11.8 Å². The van der Waals surface area contributed by atoms with Gasteiger partial charge in [-0.05, 0) is 33.0 Å². The number of fused-ring (bicyclic) bond motifs is 1. The van der Waals surface area contributed by atoms with Crippen LogP contribution in [0.4, 0.5) is 4.39 Å². The minimum absolute atomic E-state index is 0.0611. The molecular weight excluding hydrogens is 331 g/mol. The van der Waals surface area contributed by atoms with Crippen molar-refractivity contribution in [1.29, 1.82) is 0 Å². The van der Waals surface area contributed by atoms with Gasteiger partial charge in [0, 0.05) is 35.5 Å². The van der Waals surface area contributed by atoms with Gasteiger partial charge < -0.3 is 9.67 Å². The van der Waals surface area contributed by atoms with Crippen molar-refractivity contribution in [2.24, 2.45) is 0 Å². The third kappa shape index (κ3) is 2.61. The molecule has 2 aromatic rings. The van der Waals surface area contributed by atoms with Crippen molar-refractivity contribution in [2.75, 3.05) is 12.8 Å². The lowest BCUT2D eigenvalue weighted by atomic mass is 10.0. The van der Waals surface area contributed by atoms with E-state index in [1.807, 2.05) is 14.0 Å². The number of benzene rings is 1. The van der Waals surface area contributed by atoms with Crippen molar-refractivity contribution in [2.45, 2.75) is 31.8 Å². The molecule has 0 radical (unpaired) electrons. The van der Waals surface area contributed by atoms with Crippen LogP contribution in [0.15, 0.2) is 23.1 Å². The van der Waals surface area contributed by atoms with Crippen molar-refractivity contribution in [3.8, 4) is 0 Å². The molecule has 0 spiro atoms. The van der Waals surface area contributed by atoms with Crippen molar-refractivity contribution in [1.82, 2.24) is 9.47 Å². The Hall–Kier alpha value is -1.86. The molecule has 0 saturated carbocycles. The fraction of sp³-hybridized carbons (Fsp3) is 0.412. The Morgan fingerprint density at radius 1 is 1.46 bits per heavy atom. The maximum Gasteiger partial charge on any atom is 0.341 e. The highest BCUT2D eigenvalue weighted by molar-refractivity contribution is 8.00. The summed E-state index contributed by atoms with van der Waals surface area (Å²) in [4.78, 5) is 25.7. The second-order valence-electron chi connectivity index (χ2n) is 5.97. The van der Waals surface area contributed by atoms with E-state index in [2.05, 4.69) is 11.8 Å². The van der Waals surface area contributed by atoms with E-state index < -0.39 is 17.2 Å². The average molecular weight is 350 g/mol. The lowest BCUT2D eigenvalue weighted by Gasteiger charge is -2.23. The van der Waals surface area contributed by atoms with Crippen molar-refractivity contribution in [3.05, 3.63) is 45.5 Å². The van der Waals surface area contributed by atoms with E-state index in [1.54, 1.807) is 22.4 Å². The molecule has 1 aliphatic heterocycles. The zero-order valence-electron chi connectivity index (χ0n) is 13.7. The largest absolute Gasteiger partial charge is 0.477 e. The summed E-state index contributed by atoms with van der Waals surface area (Å²) in [5, 5.41) is 9.60. The van der Waals surface area contributed by atoms with Crippen LogP contribution in [0.2, 0.25) is 0 Å². The number of carbonyl (C=O) groups is 1. The molecule has 1 aliphatic rings. The first-order valence-corrected chi connectivity index (χ1v) is 8.83. The number of thioether (sulfide) groups is 1. The van der Waals surface area contributed by atoms with Gasteiger partial charge in [-0.25, -0.2) is 9.18 Å². The number of hydrogen-bond donors (Lipinski definition) is 1. The van der Waals surface area contributed by atoms with Gasteiger partial charge in [0.15, 0.2) is 0 Å². The molecule has 128 valence electrons. The first kappa shape index (κ1) is 17.0. The van der Waals surface area contributed by atoms with Crippen molar-refractivity contribution >= 4 is 28.6 Å². The summed E-state index contributed by atoms with van der Waals surface area (Å²) >= 11 is 1.75. The Morgan fingerprint density at radius 3 is 2.71 bits per heavy atom. The van der Waals surface area contributed by atoms with Crippen molar-refractivity contribution < 1.29 is 14.3 Å².